The van der Waals surface area contributed by atoms with Gasteiger partial charge in [-0.05, 0) is 49.1 Å². The summed E-state index contributed by atoms with van der Waals surface area (Å²) in [6.07, 6.45) is 1.44. The van der Waals surface area contributed by atoms with Crippen LogP contribution in [0, 0.1) is 6.92 Å². The van der Waals surface area contributed by atoms with E-state index in [1.807, 2.05) is 24.3 Å². The molecule has 0 saturated carbocycles. The number of nitrogens with one attached hydrogen (secondary N) is 1. The van der Waals surface area contributed by atoms with Gasteiger partial charge in [0.15, 0.2) is 0 Å². The third-order valence-electron chi connectivity index (χ3n) is 4.14. The summed E-state index contributed by atoms with van der Waals surface area (Å²) in [6, 6.07) is 14.8. The highest BCUT2D eigenvalue weighted by molar-refractivity contribution is 7.94. The summed E-state index contributed by atoms with van der Waals surface area (Å²) in [4.78, 5) is 20.8. The van der Waals surface area contributed by atoms with Crippen LogP contribution in [0.3, 0.4) is 0 Å². The molecule has 1 amide bonds. The molecule has 0 spiro atoms. The van der Waals surface area contributed by atoms with E-state index in [0.29, 0.717) is 21.3 Å². The van der Waals surface area contributed by atoms with Crippen molar-refractivity contribution in [3.63, 3.8) is 0 Å². The normalized spacial score (nSPS) is 11.4. The first-order valence-corrected chi connectivity index (χ1v) is 11.3. The maximum atomic E-state index is 12.6. The summed E-state index contributed by atoms with van der Waals surface area (Å²) < 4.78 is 29.5. The number of nitrogens with zero attached hydrogens (tertiary/aromatic N) is 3. The fourth-order valence-electron chi connectivity index (χ4n) is 2.70. The Morgan fingerprint density at radius 3 is 2.53 bits per heavy atom. The van der Waals surface area contributed by atoms with Crippen LogP contribution in [0.15, 0.2) is 65.7 Å². The van der Waals surface area contributed by atoms with E-state index in [1.54, 1.807) is 13.0 Å². The quantitative estimate of drug-likeness (QED) is 0.438. The lowest BCUT2D eigenvalue weighted by Crippen LogP contribution is -2.10. The first kappa shape index (κ1) is 20.3. The van der Waals surface area contributed by atoms with Crippen LogP contribution in [0.4, 0.5) is 11.6 Å². The number of halogens is 1. The Morgan fingerprint density at radius 2 is 1.83 bits per heavy atom. The molecule has 0 bridgehead atoms. The van der Waals surface area contributed by atoms with Crippen LogP contribution in [0.5, 0.6) is 0 Å². The Bertz CT molecular complexity index is 1350. The van der Waals surface area contributed by atoms with Crippen molar-refractivity contribution in [2.24, 2.45) is 0 Å². The maximum absolute atomic E-state index is 12.6. The third kappa shape index (κ3) is 4.13. The molecule has 0 fully saturated rings. The molecule has 0 atom stereocenters. The maximum Gasteiger partial charge on any atom is 0.267 e. The molecule has 1 N–H and O–H groups in total. The highest BCUT2D eigenvalue weighted by atomic mass is 35.5. The van der Waals surface area contributed by atoms with E-state index in [4.69, 9.17) is 11.6 Å². The number of amides is 1. The van der Waals surface area contributed by atoms with Gasteiger partial charge in [-0.2, -0.15) is 0 Å². The van der Waals surface area contributed by atoms with Crippen molar-refractivity contribution in [3.05, 3.63) is 81.1 Å². The lowest BCUT2D eigenvalue weighted by Gasteiger charge is -2.13. The summed E-state index contributed by atoms with van der Waals surface area (Å²) in [5.41, 5.74) is 1.04. The Morgan fingerprint density at radius 1 is 1.10 bits per heavy atom. The monoisotopic (exact) mass is 457 g/mol. The fourth-order valence-corrected chi connectivity index (χ4v) is 5.00. The number of benzene rings is 2. The molecule has 7 nitrogen and oxygen atoms in total. The molecule has 0 radical (unpaired) electrons. The van der Waals surface area contributed by atoms with Gasteiger partial charge in [0.1, 0.15) is 4.88 Å². The number of rotatable bonds is 5. The van der Waals surface area contributed by atoms with E-state index < -0.39 is 10.0 Å². The van der Waals surface area contributed by atoms with Crippen molar-refractivity contribution in [3.8, 4) is 0 Å². The van der Waals surface area contributed by atoms with Gasteiger partial charge in [-0.1, -0.05) is 35.9 Å². The van der Waals surface area contributed by atoms with Crippen LogP contribution in [-0.2, 0) is 10.0 Å². The zero-order chi connectivity index (χ0) is 21.3. The number of aryl methyl sites for hydroxylation is 1. The molecule has 30 heavy (non-hydrogen) atoms. The number of carbonyl (C=O) groups excluding carboxylic acids is 1. The first-order valence-electron chi connectivity index (χ1n) is 8.69. The van der Waals surface area contributed by atoms with Crippen LogP contribution < -0.4 is 5.32 Å². The lowest BCUT2D eigenvalue weighted by molar-refractivity contribution is 0.103. The van der Waals surface area contributed by atoms with Crippen molar-refractivity contribution >= 4 is 60.6 Å². The molecule has 0 aliphatic carbocycles. The number of hydrogen-bond donors (Lipinski definition) is 1. The summed E-state index contributed by atoms with van der Waals surface area (Å²) >= 11 is 7.63. The number of hydrogen-bond acceptors (Lipinski definition) is 6. The second-order valence-corrected chi connectivity index (χ2v) is 9.32. The van der Waals surface area contributed by atoms with Gasteiger partial charge in [-0.15, -0.1) is 11.3 Å². The van der Waals surface area contributed by atoms with Crippen LogP contribution in [0.25, 0.3) is 14.8 Å². The predicted molar refractivity (Wildman–Crippen MR) is 118 cm³/mol. The first-order chi connectivity index (χ1) is 14.3. The van der Waals surface area contributed by atoms with E-state index in [9.17, 15) is 13.2 Å². The Labute approximate surface area is 181 Å². The van der Waals surface area contributed by atoms with Crippen LogP contribution in [-0.4, -0.2) is 24.3 Å². The van der Waals surface area contributed by atoms with E-state index >= 15 is 0 Å². The highest BCUT2D eigenvalue weighted by Gasteiger charge is 2.18. The standard InChI is InChI=1S/C20H15ClN4O3S2/c1-12-10-11-22-20(23-12)25-30(27,28)14-8-6-13(7-9-14)24-19(26)18-17(21)15-4-2-3-5-16(15)29-18/h2-11H,1H3,(H2,22,23,24,25,26)/p-1. The topological polar surface area (TPSA) is 103 Å². The fraction of sp³-hybridized carbons (Fsp3) is 0.0500. The molecular formula is C20H14ClN4O3S2-. The van der Waals surface area contributed by atoms with Crippen molar-refractivity contribution in [2.75, 3.05) is 5.32 Å². The van der Waals surface area contributed by atoms with E-state index in [2.05, 4.69) is 20.0 Å². The minimum Gasteiger partial charge on any atom is -0.366 e. The van der Waals surface area contributed by atoms with E-state index in [1.165, 1.54) is 41.8 Å². The molecular weight excluding hydrogens is 444 g/mol. The lowest BCUT2D eigenvalue weighted by atomic mass is 10.2. The molecule has 0 saturated heterocycles. The largest absolute Gasteiger partial charge is 0.366 e. The zero-order valence-corrected chi connectivity index (χ0v) is 17.9. The van der Waals surface area contributed by atoms with Gasteiger partial charge in [-0.3, -0.25) is 9.52 Å². The van der Waals surface area contributed by atoms with Crippen molar-refractivity contribution in [1.29, 1.82) is 0 Å². The minimum atomic E-state index is -3.98. The van der Waals surface area contributed by atoms with E-state index in [0.717, 1.165) is 10.1 Å². The molecule has 0 aliphatic rings. The van der Waals surface area contributed by atoms with Gasteiger partial charge in [-0.25, -0.2) is 8.42 Å². The molecule has 2 aromatic heterocycles. The van der Waals surface area contributed by atoms with Gasteiger partial charge >= 0.3 is 0 Å². The van der Waals surface area contributed by atoms with Gasteiger partial charge in [0, 0.05) is 21.7 Å². The van der Waals surface area contributed by atoms with Gasteiger partial charge < -0.3 is 15.3 Å². The number of aromatic nitrogens is 2. The molecule has 4 aromatic rings. The Balaban J connectivity index is 1.51. The molecule has 0 aliphatic heterocycles. The van der Waals surface area contributed by atoms with Crippen LogP contribution in [0.2, 0.25) is 5.02 Å². The molecule has 2 aromatic carbocycles. The average Bonchev–Trinajstić information content (AvgIpc) is 3.05. The number of carbonyl (C=O) groups is 1. The molecule has 0 unspecified atom stereocenters. The number of sulfonamides is 1. The smallest absolute Gasteiger partial charge is 0.267 e. The summed E-state index contributed by atoms with van der Waals surface area (Å²) in [7, 11) is -3.98. The zero-order valence-electron chi connectivity index (χ0n) is 15.5. The summed E-state index contributed by atoms with van der Waals surface area (Å²) in [5.74, 6) is -0.499. The van der Waals surface area contributed by atoms with Crippen LogP contribution in [0.1, 0.15) is 15.4 Å². The molecule has 4 rings (SSSR count). The third-order valence-corrected chi connectivity index (χ3v) is 7.08. The molecule has 2 heterocycles. The second kappa shape index (κ2) is 8.02. The predicted octanol–water partition coefficient (Wildman–Crippen LogP) is 5.30. The van der Waals surface area contributed by atoms with Gasteiger partial charge in [0.05, 0.1) is 9.92 Å². The SMILES string of the molecule is Cc1ccnc([N-]S(=O)(=O)c2ccc(NC(=O)c3sc4ccccc4c3Cl)cc2)n1. The van der Waals surface area contributed by atoms with E-state index in [-0.39, 0.29) is 16.8 Å². The number of fused-ring (bicyclic) bond motifs is 1. The second-order valence-electron chi connectivity index (χ2n) is 6.28. The van der Waals surface area contributed by atoms with Gasteiger partial charge in [0.2, 0.25) is 10.0 Å². The molecule has 10 heteroatoms. The summed E-state index contributed by atoms with van der Waals surface area (Å²) in [6.45, 7) is 1.72. The van der Waals surface area contributed by atoms with Crippen molar-refractivity contribution in [1.82, 2.24) is 9.97 Å². The Hall–Kier alpha value is -3.01. The summed E-state index contributed by atoms with van der Waals surface area (Å²) in [5, 5.41) is 3.94. The van der Waals surface area contributed by atoms with Crippen molar-refractivity contribution < 1.29 is 13.2 Å². The minimum absolute atomic E-state index is 0.0366. The number of anilines is 1. The van der Waals surface area contributed by atoms with Gasteiger partial charge in [0.25, 0.3) is 5.91 Å². The Kier molecular flexibility index (Phi) is 5.42. The highest BCUT2D eigenvalue weighted by Crippen LogP contribution is 2.35. The molecule has 152 valence electrons. The average molecular weight is 458 g/mol. The van der Waals surface area contributed by atoms with Crippen LogP contribution >= 0.6 is 22.9 Å². The van der Waals surface area contributed by atoms with Crippen molar-refractivity contribution in [2.45, 2.75) is 11.8 Å². The number of thiophene rings is 1.